The topological polar surface area (TPSA) is 46.3 Å². The van der Waals surface area contributed by atoms with E-state index in [2.05, 4.69) is 5.16 Å². The first-order valence-corrected chi connectivity index (χ1v) is 6.03. The zero-order valence-corrected chi connectivity index (χ0v) is 10.3. The Morgan fingerprint density at radius 3 is 2.87 bits per heavy atom. The number of amides is 1. The fourth-order valence-corrected chi connectivity index (χ4v) is 1.61. The molecule has 1 aromatic rings. The van der Waals surface area contributed by atoms with Gasteiger partial charge in [0.15, 0.2) is 0 Å². The van der Waals surface area contributed by atoms with Gasteiger partial charge in [-0.1, -0.05) is 5.16 Å². The minimum Gasteiger partial charge on any atom is -0.361 e. The fraction of sp³-hybridized carbons (Fsp3) is 0.600. The highest BCUT2D eigenvalue weighted by Crippen LogP contribution is 2.11. The maximum absolute atomic E-state index is 11.7. The van der Waals surface area contributed by atoms with Crippen LogP contribution in [0.3, 0.4) is 0 Å². The average Bonchev–Trinajstić information content (AvgIpc) is 2.61. The van der Waals surface area contributed by atoms with Crippen molar-refractivity contribution in [2.45, 2.75) is 25.6 Å². The second-order valence-corrected chi connectivity index (χ2v) is 4.68. The lowest BCUT2D eigenvalue weighted by atomic mass is 10.3. The summed E-state index contributed by atoms with van der Waals surface area (Å²) in [5.74, 6) is 0.881. The maximum atomic E-state index is 11.7. The van der Waals surface area contributed by atoms with Crippen LogP contribution in [0.1, 0.15) is 18.4 Å². The van der Waals surface area contributed by atoms with Crippen molar-refractivity contribution >= 4 is 17.7 Å². The number of thioether (sulfide) groups is 1. The predicted molar refractivity (Wildman–Crippen MR) is 60.7 cm³/mol. The Morgan fingerprint density at radius 1 is 1.73 bits per heavy atom. The zero-order chi connectivity index (χ0) is 11.4. The molecule has 0 radical (unpaired) electrons. The van der Waals surface area contributed by atoms with Gasteiger partial charge in [-0.15, -0.1) is 0 Å². The van der Waals surface area contributed by atoms with Crippen molar-refractivity contribution < 1.29 is 9.32 Å². The molecule has 1 aromatic heterocycles. The lowest BCUT2D eigenvalue weighted by Crippen LogP contribution is -2.32. The molecule has 5 heteroatoms. The average molecular weight is 228 g/mol. The Morgan fingerprint density at radius 2 is 2.40 bits per heavy atom. The largest absolute Gasteiger partial charge is 0.361 e. The highest BCUT2D eigenvalue weighted by molar-refractivity contribution is 7.99. The van der Waals surface area contributed by atoms with Gasteiger partial charge in [-0.3, -0.25) is 4.79 Å². The van der Waals surface area contributed by atoms with Crippen LogP contribution >= 0.6 is 11.8 Å². The molecule has 0 aliphatic heterocycles. The van der Waals surface area contributed by atoms with Gasteiger partial charge in [-0.2, -0.15) is 11.8 Å². The van der Waals surface area contributed by atoms with Crippen LogP contribution in [0.2, 0.25) is 0 Å². The molecule has 15 heavy (non-hydrogen) atoms. The number of rotatable bonds is 4. The maximum Gasteiger partial charge on any atom is 0.235 e. The van der Waals surface area contributed by atoms with Crippen LogP contribution in [0.25, 0.3) is 0 Å². The summed E-state index contributed by atoms with van der Waals surface area (Å²) in [7, 11) is 1.78. The predicted octanol–water partition coefficient (Wildman–Crippen LogP) is 1.69. The van der Waals surface area contributed by atoms with Crippen LogP contribution in [0.15, 0.2) is 10.6 Å². The standard InChI is InChI=1S/C10H16N2O2S/c1-7-5-9(11-14-7)6-12(3)10(13)8(2)15-4/h5,8H,6H2,1-4H3/t8-/m0/s1. The number of hydrogen-bond acceptors (Lipinski definition) is 4. The van der Waals surface area contributed by atoms with Gasteiger partial charge in [-0.05, 0) is 20.1 Å². The minimum absolute atomic E-state index is 0.0111. The third kappa shape index (κ3) is 3.27. The van der Waals surface area contributed by atoms with Crippen molar-refractivity contribution in [1.82, 2.24) is 10.1 Å². The van der Waals surface area contributed by atoms with Gasteiger partial charge < -0.3 is 9.42 Å². The second kappa shape index (κ2) is 5.21. The molecule has 0 unspecified atom stereocenters. The van der Waals surface area contributed by atoms with Crippen LogP contribution in [-0.2, 0) is 11.3 Å². The van der Waals surface area contributed by atoms with E-state index < -0.39 is 0 Å². The molecule has 0 aliphatic rings. The summed E-state index contributed by atoms with van der Waals surface area (Å²) in [6.45, 7) is 4.24. The molecule has 0 fully saturated rings. The van der Waals surface area contributed by atoms with E-state index in [4.69, 9.17) is 4.52 Å². The molecule has 4 nitrogen and oxygen atoms in total. The summed E-state index contributed by atoms with van der Waals surface area (Å²) in [5.41, 5.74) is 0.789. The number of carbonyl (C=O) groups excluding carboxylic acids is 1. The van der Waals surface area contributed by atoms with Gasteiger partial charge in [0, 0.05) is 13.1 Å². The summed E-state index contributed by atoms with van der Waals surface area (Å²) < 4.78 is 4.94. The Kier molecular flexibility index (Phi) is 4.20. The first kappa shape index (κ1) is 12.1. The Hall–Kier alpha value is -0.970. The number of hydrogen-bond donors (Lipinski definition) is 0. The van der Waals surface area contributed by atoms with E-state index in [-0.39, 0.29) is 11.2 Å². The van der Waals surface area contributed by atoms with E-state index in [1.54, 1.807) is 23.7 Å². The molecule has 0 aromatic carbocycles. The normalized spacial score (nSPS) is 12.5. The molecule has 0 saturated heterocycles. The molecule has 1 heterocycles. The summed E-state index contributed by atoms with van der Waals surface area (Å²) >= 11 is 1.54. The third-order valence-electron chi connectivity index (χ3n) is 2.15. The summed E-state index contributed by atoms with van der Waals surface area (Å²) in [6, 6.07) is 1.84. The van der Waals surface area contributed by atoms with Gasteiger partial charge in [0.1, 0.15) is 11.5 Å². The van der Waals surface area contributed by atoms with Gasteiger partial charge in [0.25, 0.3) is 0 Å². The van der Waals surface area contributed by atoms with Crippen molar-refractivity contribution in [2.24, 2.45) is 0 Å². The SMILES string of the molecule is CS[C@@H](C)C(=O)N(C)Cc1cc(C)on1. The Labute approximate surface area is 94.0 Å². The van der Waals surface area contributed by atoms with Crippen LogP contribution in [0, 0.1) is 6.92 Å². The first-order valence-electron chi connectivity index (χ1n) is 4.74. The van der Waals surface area contributed by atoms with Crippen molar-refractivity contribution in [3.05, 3.63) is 17.5 Å². The molecule has 1 amide bonds. The minimum atomic E-state index is -0.0111. The molecular weight excluding hydrogens is 212 g/mol. The Balaban J connectivity index is 2.55. The van der Waals surface area contributed by atoms with Crippen LogP contribution in [-0.4, -0.2) is 34.5 Å². The van der Waals surface area contributed by atoms with Crippen LogP contribution in [0.5, 0.6) is 0 Å². The molecule has 0 saturated carbocycles. The van der Waals surface area contributed by atoms with E-state index in [0.29, 0.717) is 6.54 Å². The van der Waals surface area contributed by atoms with Gasteiger partial charge in [0.05, 0.1) is 11.8 Å². The molecule has 0 spiro atoms. The van der Waals surface area contributed by atoms with Gasteiger partial charge in [-0.25, -0.2) is 0 Å². The molecule has 0 aliphatic carbocycles. The Bertz CT molecular complexity index is 338. The lowest BCUT2D eigenvalue weighted by Gasteiger charge is -2.18. The third-order valence-corrected chi connectivity index (χ3v) is 3.06. The first-order chi connectivity index (χ1) is 7.04. The fourth-order valence-electron chi connectivity index (χ4n) is 1.22. The van der Waals surface area contributed by atoms with E-state index in [1.165, 1.54) is 0 Å². The highest BCUT2D eigenvalue weighted by atomic mass is 32.2. The number of carbonyl (C=O) groups is 1. The van der Waals surface area contributed by atoms with Crippen LogP contribution < -0.4 is 0 Å². The van der Waals surface area contributed by atoms with Gasteiger partial charge >= 0.3 is 0 Å². The van der Waals surface area contributed by atoms with E-state index in [9.17, 15) is 4.79 Å². The highest BCUT2D eigenvalue weighted by Gasteiger charge is 2.17. The molecule has 0 bridgehead atoms. The quantitative estimate of drug-likeness (QED) is 0.786. The summed E-state index contributed by atoms with van der Waals surface area (Å²) in [5, 5.41) is 3.84. The number of aryl methyl sites for hydroxylation is 1. The molecule has 1 atom stereocenters. The monoisotopic (exact) mass is 228 g/mol. The van der Waals surface area contributed by atoms with Gasteiger partial charge in [0.2, 0.25) is 5.91 Å². The van der Waals surface area contributed by atoms with E-state index >= 15 is 0 Å². The van der Waals surface area contributed by atoms with Crippen molar-refractivity contribution in [2.75, 3.05) is 13.3 Å². The smallest absolute Gasteiger partial charge is 0.235 e. The second-order valence-electron chi connectivity index (χ2n) is 3.50. The van der Waals surface area contributed by atoms with Crippen LogP contribution in [0.4, 0.5) is 0 Å². The lowest BCUT2D eigenvalue weighted by molar-refractivity contribution is -0.129. The summed E-state index contributed by atoms with van der Waals surface area (Å²) in [6.07, 6.45) is 1.93. The number of aromatic nitrogens is 1. The molecule has 0 N–H and O–H groups in total. The van der Waals surface area contributed by atoms with Crippen molar-refractivity contribution in [3.63, 3.8) is 0 Å². The molecular formula is C10H16N2O2S. The van der Waals surface area contributed by atoms with Crippen molar-refractivity contribution in [1.29, 1.82) is 0 Å². The van der Waals surface area contributed by atoms with Crippen molar-refractivity contribution in [3.8, 4) is 0 Å². The molecule has 1 rings (SSSR count). The van der Waals surface area contributed by atoms with E-state index in [0.717, 1.165) is 11.5 Å². The van der Waals surface area contributed by atoms with E-state index in [1.807, 2.05) is 26.2 Å². The molecule has 84 valence electrons. The summed E-state index contributed by atoms with van der Waals surface area (Å²) in [4.78, 5) is 13.4. The number of nitrogens with zero attached hydrogens (tertiary/aromatic N) is 2. The zero-order valence-electron chi connectivity index (χ0n) is 9.48.